The molecule has 0 radical (unpaired) electrons. The molecular weight excluding hydrogens is 616 g/mol. The van der Waals surface area contributed by atoms with Gasteiger partial charge in [0, 0.05) is 51.5 Å². The molecule has 0 N–H and O–H groups in total. The maximum absolute atomic E-state index is 13.2. The smallest absolute Gasteiger partial charge is 0.331 e. The van der Waals surface area contributed by atoms with Crippen LogP contribution in [0.15, 0.2) is 59.7 Å². The highest BCUT2D eigenvalue weighted by Gasteiger charge is 2.63. The fraction of sp³-hybridized carbons (Fsp3) is 0.553. The van der Waals surface area contributed by atoms with E-state index in [1.54, 1.807) is 13.0 Å². The van der Waals surface area contributed by atoms with Gasteiger partial charge in [-0.3, -0.25) is 19.2 Å². The molecular formula is C38H48O10. The first-order valence-electron chi connectivity index (χ1n) is 16.5. The van der Waals surface area contributed by atoms with Crippen LogP contribution in [0.2, 0.25) is 0 Å². The second-order valence-corrected chi connectivity index (χ2v) is 14.1. The molecule has 0 heterocycles. The molecule has 260 valence electrons. The molecule has 0 spiro atoms. The van der Waals surface area contributed by atoms with Gasteiger partial charge in [-0.2, -0.15) is 0 Å². The molecule has 0 aliphatic heterocycles. The van der Waals surface area contributed by atoms with Gasteiger partial charge in [0.2, 0.25) is 0 Å². The van der Waals surface area contributed by atoms with Crippen molar-refractivity contribution in [1.82, 2.24) is 0 Å². The van der Waals surface area contributed by atoms with Gasteiger partial charge in [0.15, 0.2) is 6.10 Å². The number of esters is 5. The van der Waals surface area contributed by atoms with Crippen molar-refractivity contribution in [2.24, 2.45) is 22.7 Å². The summed E-state index contributed by atoms with van der Waals surface area (Å²) in [5, 5.41) is 0. The van der Waals surface area contributed by atoms with E-state index in [-0.39, 0.29) is 19.3 Å². The summed E-state index contributed by atoms with van der Waals surface area (Å²) in [5.41, 5.74) is 1.32. The Morgan fingerprint density at radius 2 is 1.48 bits per heavy atom. The zero-order valence-corrected chi connectivity index (χ0v) is 29.2. The predicted octanol–water partition coefficient (Wildman–Crippen LogP) is 6.08. The van der Waals surface area contributed by atoms with Gasteiger partial charge in [0.1, 0.15) is 24.4 Å². The lowest BCUT2D eigenvalue weighted by molar-refractivity contribution is -0.195. The van der Waals surface area contributed by atoms with E-state index in [1.807, 2.05) is 58.0 Å². The number of ether oxygens (including phenoxy) is 5. The normalized spacial score (nSPS) is 31.1. The van der Waals surface area contributed by atoms with Crippen molar-refractivity contribution in [3.63, 3.8) is 0 Å². The van der Waals surface area contributed by atoms with Gasteiger partial charge in [-0.05, 0) is 53.4 Å². The first-order chi connectivity index (χ1) is 22.5. The van der Waals surface area contributed by atoms with E-state index < -0.39 is 83.0 Å². The largest absolute Gasteiger partial charge is 0.462 e. The van der Waals surface area contributed by atoms with E-state index in [4.69, 9.17) is 23.7 Å². The van der Waals surface area contributed by atoms with E-state index in [0.29, 0.717) is 12.0 Å². The van der Waals surface area contributed by atoms with E-state index in [2.05, 4.69) is 6.58 Å². The third-order valence-electron chi connectivity index (χ3n) is 10.0. The molecule has 10 nitrogen and oxygen atoms in total. The second-order valence-electron chi connectivity index (χ2n) is 14.1. The Labute approximate surface area is 282 Å². The molecule has 0 saturated heterocycles. The predicted molar refractivity (Wildman–Crippen MR) is 177 cm³/mol. The van der Waals surface area contributed by atoms with Crippen LogP contribution in [0.1, 0.15) is 86.6 Å². The first kappa shape index (κ1) is 36.6. The van der Waals surface area contributed by atoms with E-state index >= 15 is 0 Å². The SMILES string of the molecule is C=C1[C@@H](OC(C)=O)[C@@H](OC(=O)/C=C/c2ccccc2)C[C@@]2(C)C[C@H](OC(C)=O)C3=C(C)C[C@H](OC(=O)CC)[C@@H]([C@@H](OC(C)=O)[C@H]12)C3(C)C. The summed E-state index contributed by atoms with van der Waals surface area (Å²) in [6.45, 7) is 17.9. The van der Waals surface area contributed by atoms with Crippen molar-refractivity contribution in [3.8, 4) is 0 Å². The van der Waals surface area contributed by atoms with E-state index in [0.717, 1.165) is 16.7 Å². The lowest BCUT2D eigenvalue weighted by atomic mass is 9.49. The zero-order valence-electron chi connectivity index (χ0n) is 29.2. The number of hydrogen-bond acceptors (Lipinski definition) is 10. The third-order valence-corrected chi connectivity index (χ3v) is 10.0. The monoisotopic (exact) mass is 664 g/mol. The van der Waals surface area contributed by atoms with Gasteiger partial charge in [-0.15, -0.1) is 0 Å². The molecule has 2 bridgehead atoms. The molecule has 4 rings (SSSR count). The fourth-order valence-corrected chi connectivity index (χ4v) is 8.50. The summed E-state index contributed by atoms with van der Waals surface area (Å²) in [7, 11) is 0. The maximum atomic E-state index is 13.2. The lowest BCUT2D eigenvalue weighted by Gasteiger charge is -2.59. The van der Waals surface area contributed by atoms with Gasteiger partial charge in [-0.25, -0.2) is 4.79 Å². The van der Waals surface area contributed by atoms with Crippen LogP contribution >= 0.6 is 0 Å². The summed E-state index contributed by atoms with van der Waals surface area (Å²) < 4.78 is 30.2. The molecule has 0 amide bonds. The summed E-state index contributed by atoms with van der Waals surface area (Å²) in [6, 6.07) is 9.26. The van der Waals surface area contributed by atoms with Crippen LogP contribution in [0.5, 0.6) is 0 Å². The molecule has 8 atom stereocenters. The van der Waals surface area contributed by atoms with Crippen molar-refractivity contribution in [2.45, 2.75) is 112 Å². The Morgan fingerprint density at radius 3 is 2.06 bits per heavy atom. The zero-order chi connectivity index (χ0) is 35.6. The van der Waals surface area contributed by atoms with Gasteiger partial charge in [-0.1, -0.05) is 70.2 Å². The van der Waals surface area contributed by atoms with Crippen LogP contribution in [-0.2, 0) is 47.7 Å². The highest BCUT2D eigenvalue weighted by Crippen LogP contribution is 2.61. The molecule has 1 aromatic rings. The Morgan fingerprint density at radius 1 is 0.854 bits per heavy atom. The van der Waals surface area contributed by atoms with Gasteiger partial charge >= 0.3 is 29.8 Å². The average molecular weight is 665 g/mol. The molecule has 1 aromatic carbocycles. The maximum Gasteiger partial charge on any atom is 0.331 e. The number of benzene rings is 1. The number of fused-ring (bicyclic) bond motifs is 3. The van der Waals surface area contributed by atoms with Gasteiger partial charge in [0.05, 0.1) is 0 Å². The lowest BCUT2D eigenvalue weighted by Crippen LogP contribution is -2.62. The van der Waals surface area contributed by atoms with Crippen molar-refractivity contribution in [2.75, 3.05) is 0 Å². The van der Waals surface area contributed by atoms with E-state index in [9.17, 15) is 24.0 Å². The summed E-state index contributed by atoms with van der Waals surface area (Å²) in [6.07, 6.45) is -0.409. The minimum atomic E-state index is -1.07. The number of carbonyl (C=O) groups is 5. The molecule has 2 fully saturated rings. The topological polar surface area (TPSA) is 132 Å². The van der Waals surface area contributed by atoms with Crippen LogP contribution in [0.3, 0.4) is 0 Å². The number of hydrogen-bond donors (Lipinski definition) is 0. The van der Waals surface area contributed by atoms with Crippen LogP contribution < -0.4 is 0 Å². The summed E-state index contributed by atoms with van der Waals surface area (Å²) >= 11 is 0. The molecule has 0 aromatic heterocycles. The summed E-state index contributed by atoms with van der Waals surface area (Å²) in [5.74, 6) is -3.92. The van der Waals surface area contributed by atoms with Crippen molar-refractivity contribution >= 4 is 35.9 Å². The van der Waals surface area contributed by atoms with Crippen LogP contribution in [0.25, 0.3) is 6.08 Å². The Balaban J connectivity index is 1.88. The fourth-order valence-electron chi connectivity index (χ4n) is 8.50. The molecule has 10 heteroatoms. The highest BCUT2D eigenvalue weighted by molar-refractivity contribution is 5.87. The average Bonchev–Trinajstić information content (AvgIpc) is 2.96. The minimum absolute atomic E-state index is 0.154. The molecule has 3 aliphatic rings. The van der Waals surface area contributed by atoms with Crippen molar-refractivity contribution < 1.29 is 47.7 Å². The Hall–Kier alpha value is -4.21. The van der Waals surface area contributed by atoms with Crippen molar-refractivity contribution in [1.29, 1.82) is 0 Å². The summed E-state index contributed by atoms with van der Waals surface area (Å²) in [4.78, 5) is 64.0. The van der Waals surface area contributed by atoms with Crippen molar-refractivity contribution in [3.05, 3.63) is 65.3 Å². The molecule has 2 saturated carbocycles. The number of rotatable bonds is 8. The minimum Gasteiger partial charge on any atom is -0.462 e. The third kappa shape index (κ3) is 7.74. The number of carbonyl (C=O) groups excluding carboxylic acids is 5. The highest BCUT2D eigenvalue weighted by atomic mass is 16.6. The molecule has 3 aliphatic carbocycles. The first-order valence-corrected chi connectivity index (χ1v) is 16.5. The van der Waals surface area contributed by atoms with Gasteiger partial charge < -0.3 is 23.7 Å². The van der Waals surface area contributed by atoms with Gasteiger partial charge in [0.25, 0.3) is 0 Å². The second kappa shape index (κ2) is 14.5. The van der Waals surface area contributed by atoms with Crippen LogP contribution in [0.4, 0.5) is 0 Å². The van der Waals surface area contributed by atoms with E-state index in [1.165, 1.54) is 26.8 Å². The molecule has 0 unspecified atom stereocenters. The van der Waals surface area contributed by atoms with Crippen LogP contribution in [0, 0.1) is 22.7 Å². The molecule has 48 heavy (non-hydrogen) atoms. The Kier molecular flexibility index (Phi) is 11.1. The van der Waals surface area contributed by atoms with Crippen LogP contribution in [-0.4, -0.2) is 60.4 Å². The Bertz CT molecular complexity index is 1500. The standard InChI is InChI=1S/C38H48O10/c1-10-30(42)47-27-18-21(2)32-28(44-23(4)39)19-38(9)20-29(48-31(43)17-16-26-14-12-11-13-15-26)35(45-24(5)40)22(3)33(38)36(46-25(6)41)34(27)37(32,7)8/h11-17,27-29,33-36H,3,10,18-20H2,1-2,4-9H3/b17-16+/t27-,28-,29-,33-,34-,35+,36-,38+/m0/s1. The quantitative estimate of drug-likeness (QED) is 0.140.